The Morgan fingerprint density at radius 1 is 1.50 bits per heavy atom. The zero-order chi connectivity index (χ0) is 13.1. The molecule has 96 valence electrons. The van der Waals surface area contributed by atoms with Gasteiger partial charge in [0.25, 0.3) is 0 Å². The maximum atomic E-state index is 14.0. The molecule has 0 fully saturated rings. The van der Waals surface area contributed by atoms with Crippen molar-refractivity contribution in [3.63, 3.8) is 0 Å². The van der Waals surface area contributed by atoms with Crippen LogP contribution in [0.5, 0.6) is 0 Å². The molecule has 0 aliphatic carbocycles. The number of aromatic nitrogens is 1. The van der Waals surface area contributed by atoms with Crippen LogP contribution in [0.1, 0.15) is 24.2 Å². The molecule has 18 heavy (non-hydrogen) atoms. The summed E-state index contributed by atoms with van der Waals surface area (Å²) in [6.45, 7) is 2.43. The van der Waals surface area contributed by atoms with Crippen molar-refractivity contribution < 1.29 is 4.39 Å². The largest absolute Gasteiger partial charge is 0.366 e. The first kappa shape index (κ1) is 13.0. The van der Waals surface area contributed by atoms with Crippen molar-refractivity contribution in [1.29, 1.82) is 0 Å². The lowest BCUT2D eigenvalue weighted by atomic mass is 10.1. The van der Waals surface area contributed by atoms with Crippen LogP contribution in [-0.2, 0) is 6.54 Å². The van der Waals surface area contributed by atoms with Crippen LogP contribution in [0.25, 0.3) is 0 Å². The molecule has 0 bridgehead atoms. The molecule has 2 N–H and O–H groups in total. The van der Waals surface area contributed by atoms with Gasteiger partial charge in [-0.3, -0.25) is 0 Å². The Bertz CT molecular complexity index is 511. The summed E-state index contributed by atoms with van der Waals surface area (Å²) in [4.78, 5) is 6.06. The number of anilines is 1. The first-order valence-electron chi connectivity index (χ1n) is 5.71. The molecule has 0 aliphatic rings. The predicted molar refractivity (Wildman–Crippen MR) is 73.2 cm³/mol. The minimum Gasteiger partial charge on any atom is -0.366 e. The van der Waals surface area contributed by atoms with Crippen molar-refractivity contribution in [3.8, 4) is 0 Å². The number of rotatable bonds is 4. The Kier molecular flexibility index (Phi) is 3.93. The van der Waals surface area contributed by atoms with Crippen LogP contribution in [0.2, 0.25) is 0 Å². The van der Waals surface area contributed by atoms with Crippen LogP contribution in [-0.4, -0.2) is 12.0 Å². The van der Waals surface area contributed by atoms with Gasteiger partial charge >= 0.3 is 0 Å². The zero-order valence-electron chi connectivity index (χ0n) is 10.4. The minimum absolute atomic E-state index is 0.200. The van der Waals surface area contributed by atoms with Crippen molar-refractivity contribution >= 4 is 17.0 Å². The zero-order valence-corrected chi connectivity index (χ0v) is 11.2. The van der Waals surface area contributed by atoms with Gasteiger partial charge in [0.05, 0.1) is 23.4 Å². The molecule has 3 nitrogen and oxygen atoms in total. The molecule has 0 amide bonds. The standard InChI is InChI=1S/C13H16FN3S/c1-9(15)11-4-3-5-12(14)13(11)17(2)6-10-7-18-8-16-10/h3-5,7-9H,6,15H2,1-2H3/t9-/m1/s1. The van der Waals surface area contributed by atoms with Crippen molar-refractivity contribution in [1.82, 2.24) is 4.98 Å². The fraction of sp³-hybridized carbons (Fsp3) is 0.308. The Balaban J connectivity index is 2.31. The van der Waals surface area contributed by atoms with Crippen molar-refractivity contribution in [2.24, 2.45) is 5.73 Å². The molecule has 1 atom stereocenters. The highest BCUT2D eigenvalue weighted by Crippen LogP contribution is 2.28. The number of thiazole rings is 1. The summed E-state index contributed by atoms with van der Waals surface area (Å²) in [5.74, 6) is -0.248. The molecule has 0 radical (unpaired) electrons. The number of halogens is 1. The predicted octanol–water partition coefficient (Wildman–Crippen LogP) is 2.94. The van der Waals surface area contributed by atoms with E-state index in [0.717, 1.165) is 11.3 Å². The van der Waals surface area contributed by atoms with Crippen LogP contribution in [0.4, 0.5) is 10.1 Å². The third kappa shape index (κ3) is 2.68. The van der Waals surface area contributed by atoms with E-state index in [1.54, 1.807) is 11.6 Å². The highest BCUT2D eigenvalue weighted by atomic mass is 32.1. The van der Waals surface area contributed by atoms with E-state index in [1.165, 1.54) is 17.4 Å². The second-order valence-electron chi connectivity index (χ2n) is 4.30. The Morgan fingerprint density at radius 2 is 2.28 bits per heavy atom. The number of benzene rings is 1. The van der Waals surface area contributed by atoms with Gasteiger partial charge in [-0.15, -0.1) is 11.3 Å². The second-order valence-corrected chi connectivity index (χ2v) is 5.02. The monoisotopic (exact) mass is 265 g/mol. The summed E-state index contributed by atoms with van der Waals surface area (Å²) in [7, 11) is 1.85. The number of para-hydroxylation sites is 1. The van der Waals surface area contributed by atoms with Crippen molar-refractivity contribution in [3.05, 3.63) is 46.2 Å². The topological polar surface area (TPSA) is 42.1 Å². The third-order valence-corrected chi connectivity index (χ3v) is 3.41. The molecule has 0 unspecified atom stereocenters. The van der Waals surface area contributed by atoms with Crippen LogP contribution in [0.15, 0.2) is 29.1 Å². The van der Waals surface area contributed by atoms with Gasteiger partial charge < -0.3 is 10.6 Å². The van der Waals surface area contributed by atoms with E-state index in [4.69, 9.17) is 5.73 Å². The SMILES string of the molecule is C[C@@H](N)c1cccc(F)c1N(C)Cc1cscn1. The van der Waals surface area contributed by atoms with Gasteiger partial charge in [-0.25, -0.2) is 9.37 Å². The van der Waals surface area contributed by atoms with Gasteiger partial charge in [0.15, 0.2) is 0 Å². The summed E-state index contributed by atoms with van der Waals surface area (Å²) in [6, 6.07) is 4.81. The minimum atomic E-state index is -0.248. The molecular formula is C13H16FN3S. The normalized spacial score (nSPS) is 12.4. The maximum Gasteiger partial charge on any atom is 0.146 e. The summed E-state index contributed by atoms with van der Waals surface area (Å²) in [6.07, 6.45) is 0. The van der Waals surface area contributed by atoms with Gasteiger partial charge in [0.2, 0.25) is 0 Å². The van der Waals surface area contributed by atoms with E-state index in [0.29, 0.717) is 12.2 Å². The Hall–Kier alpha value is -1.46. The lowest BCUT2D eigenvalue weighted by Crippen LogP contribution is -2.21. The van der Waals surface area contributed by atoms with Crippen LogP contribution in [0, 0.1) is 5.82 Å². The van der Waals surface area contributed by atoms with E-state index < -0.39 is 0 Å². The molecule has 2 aromatic rings. The summed E-state index contributed by atoms with van der Waals surface area (Å²) in [5, 5.41) is 1.96. The Morgan fingerprint density at radius 3 is 2.89 bits per heavy atom. The molecule has 0 spiro atoms. The summed E-state index contributed by atoms with van der Waals surface area (Å²) < 4.78 is 14.0. The van der Waals surface area contributed by atoms with Crippen LogP contribution < -0.4 is 10.6 Å². The number of nitrogens with zero attached hydrogens (tertiary/aromatic N) is 2. The molecule has 1 aromatic carbocycles. The first-order chi connectivity index (χ1) is 8.59. The van der Waals surface area contributed by atoms with E-state index >= 15 is 0 Å². The molecule has 5 heteroatoms. The number of hydrogen-bond donors (Lipinski definition) is 1. The third-order valence-electron chi connectivity index (χ3n) is 2.77. The molecule has 0 aliphatic heterocycles. The molecule has 1 heterocycles. The van der Waals surface area contributed by atoms with Gasteiger partial charge in [-0.05, 0) is 18.6 Å². The fourth-order valence-corrected chi connectivity index (χ4v) is 2.49. The molecule has 1 aromatic heterocycles. The van der Waals surface area contributed by atoms with Gasteiger partial charge in [0, 0.05) is 18.5 Å². The van der Waals surface area contributed by atoms with Crippen LogP contribution >= 0.6 is 11.3 Å². The molecule has 0 saturated carbocycles. The van der Waals surface area contributed by atoms with E-state index in [1.807, 2.05) is 30.3 Å². The van der Waals surface area contributed by atoms with Crippen LogP contribution in [0.3, 0.4) is 0 Å². The van der Waals surface area contributed by atoms with E-state index in [9.17, 15) is 4.39 Å². The smallest absolute Gasteiger partial charge is 0.146 e. The lowest BCUT2D eigenvalue weighted by Gasteiger charge is -2.23. The van der Waals surface area contributed by atoms with Crippen molar-refractivity contribution in [2.45, 2.75) is 19.5 Å². The quantitative estimate of drug-likeness (QED) is 0.924. The highest BCUT2D eigenvalue weighted by Gasteiger charge is 2.16. The first-order valence-corrected chi connectivity index (χ1v) is 6.66. The highest BCUT2D eigenvalue weighted by molar-refractivity contribution is 7.07. The lowest BCUT2D eigenvalue weighted by molar-refractivity contribution is 0.615. The molecular weight excluding hydrogens is 249 g/mol. The Labute approximate surface area is 110 Å². The average molecular weight is 265 g/mol. The summed E-state index contributed by atoms with van der Waals surface area (Å²) in [5.41, 5.74) is 9.96. The molecule has 2 rings (SSSR count). The van der Waals surface area contributed by atoms with E-state index in [-0.39, 0.29) is 11.9 Å². The number of nitrogens with two attached hydrogens (primary N) is 1. The maximum absolute atomic E-state index is 14.0. The van der Waals surface area contributed by atoms with Gasteiger partial charge in [-0.2, -0.15) is 0 Å². The van der Waals surface area contributed by atoms with Gasteiger partial charge in [-0.1, -0.05) is 12.1 Å². The average Bonchev–Trinajstić information content (AvgIpc) is 2.81. The van der Waals surface area contributed by atoms with E-state index in [2.05, 4.69) is 4.98 Å². The van der Waals surface area contributed by atoms with Gasteiger partial charge in [0.1, 0.15) is 5.82 Å². The van der Waals surface area contributed by atoms with Crippen molar-refractivity contribution in [2.75, 3.05) is 11.9 Å². The summed E-state index contributed by atoms with van der Waals surface area (Å²) >= 11 is 1.54. The molecule has 0 saturated heterocycles. The number of hydrogen-bond acceptors (Lipinski definition) is 4. The second kappa shape index (κ2) is 5.46. The fourth-order valence-electron chi connectivity index (χ4n) is 1.94.